The van der Waals surface area contributed by atoms with Gasteiger partial charge < -0.3 is 25.5 Å². The number of pyridine rings is 1. The number of nitrogens with two attached hydrogens (primary N) is 1. The summed E-state index contributed by atoms with van der Waals surface area (Å²) in [6.45, 7) is 12.7. The number of carboxylic acid groups (broad SMARTS) is 1. The zero-order valence-electron chi connectivity index (χ0n) is 16.5. The summed E-state index contributed by atoms with van der Waals surface area (Å²) in [5, 5.41) is 12.2. The number of rotatable bonds is 5. The van der Waals surface area contributed by atoms with E-state index in [9.17, 15) is 9.90 Å². The van der Waals surface area contributed by atoms with Gasteiger partial charge in [0.05, 0.1) is 17.8 Å². The molecule has 1 aromatic heterocycles. The third-order valence-corrected chi connectivity index (χ3v) is 10.2. The SMILES string of the molecule is CC(C)(C)[Si](C)(C)OCC1(NC(=O)O)CCN(c2cccnc2N)CC1. The minimum atomic E-state index is -1.95. The Balaban J connectivity index is 2.10. The highest BCUT2D eigenvalue weighted by atomic mass is 28.4. The van der Waals surface area contributed by atoms with Gasteiger partial charge in [0.1, 0.15) is 5.82 Å². The number of hydrogen-bond acceptors (Lipinski definition) is 5. The van der Waals surface area contributed by atoms with Gasteiger partial charge >= 0.3 is 6.09 Å². The first-order valence-corrected chi connectivity index (χ1v) is 12.0. The van der Waals surface area contributed by atoms with Crippen LogP contribution in [-0.4, -0.2) is 49.7 Å². The summed E-state index contributed by atoms with van der Waals surface area (Å²) in [5.41, 5.74) is 6.33. The predicted octanol–water partition coefficient (Wildman–Crippen LogP) is 3.29. The van der Waals surface area contributed by atoms with Crippen LogP contribution in [0.15, 0.2) is 18.3 Å². The van der Waals surface area contributed by atoms with Crippen LogP contribution in [0.3, 0.4) is 0 Å². The second-order valence-corrected chi connectivity index (χ2v) is 13.5. The van der Waals surface area contributed by atoms with Crippen LogP contribution in [0.2, 0.25) is 18.1 Å². The molecule has 4 N–H and O–H groups in total. The van der Waals surface area contributed by atoms with Crippen molar-refractivity contribution in [3.8, 4) is 0 Å². The topological polar surface area (TPSA) is 101 Å². The van der Waals surface area contributed by atoms with E-state index in [-0.39, 0.29) is 5.04 Å². The molecule has 0 bridgehead atoms. The summed E-state index contributed by atoms with van der Waals surface area (Å²) in [4.78, 5) is 17.7. The lowest BCUT2D eigenvalue weighted by molar-refractivity contribution is 0.124. The van der Waals surface area contributed by atoms with Crippen molar-refractivity contribution in [2.24, 2.45) is 0 Å². The number of amides is 1. The lowest BCUT2D eigenvalue weighted by Crippen LogP contribution is -2.59. The third kappa shape index (κ3) is 4.67. The summed E-state index contributed by atoms with van der Waals surface area (Å²) in [7, 11) is -1.95. The van der Waals surface area contributed by atoms with Gasteiger partial charge in [0.15, 0.2) is 8.32 Å². The number of anilines is 2. The van der Waals surface area contributed by atoms with E-state index < -0.39 is 19.9 Å². The molecule has 1 amide bonds. The Morgan fingerprint density at radius 1 is 1.42 bits per heavy atom. The molecule has 26 heavy (non-hydrogen) atoms. The van der Waals surface area contributed by atoms with Crippen molar-refractivity contribution < 1.29 is 14.3 Å². The molecular formula is C18H32N4O3Si. The highest BCUT2D eigenvalue weighted by molar-refractivity contribution is 6.74. The molecule has 2 heterocycles. The van der Waals surface area contributed by atoms with E-state index in [0.29, 0.717) is 38.4 Å². The van der Waals surface area contributed by atoms with Crippen LogP contribution in [-0.2, 0) is 4.43 Å². The summed E-state index contributed by atoms with van der Waals surface area (Å²) in [5.74, 6) is 0.503. The van der Waals surface area contributed by atoms with Gasteiger partial charge in [0.2, 0.25) is 0 Å². The molecule has 146 valence electrons. The van der Waals surface area contributed by atoms with Crippen LogP contribution < -0.4 is 16.0 Å². The molecule has 0 spiro atoms. The Labute approximate surface area is 157 Å². The molecule has 1 aromatic rings. The summed E-state index contributed by atoms with van der Waals surface area (Å²) in [6, 6.07) is 3.82. The molecule has 0 aromatic carbocycles. The first kappa shape index (κ1) is 20.5. The molecule has 1 saturated heterocycles. The number of nitrogens with one attached hydrogen (secondary N) is 1. The van der Waals surface area contributed by atoms with Crippen molar-refractivity contribution in [1.82, 2.24) is 10.3 Å². The largest absolute Gasteiger partial charge is 0.465 e. The van der Waals surface area contributed by atoms with Crippen LogP contribution in [0.4, 0.5) is 16.3 Å². The molecule has 0 saturated carbocycles. The molecule has 2 rings (SSSR count). The average Bonchev–Trinajstić information content (AvgIpc) is 2.53. The normalized spacial score (nSPS) is 17.8. The number of nitrogens with zero attached hydrogens (tertiary/aromatic N) is 2. The van der Waals surface area contributed by atoms with Crippen molar-refractivity contribution in [1.29, 1.82) is 0 Å². The summed E-state index contributed by atoms with van der Waals surface area (Å²) < 4.78 is 6.36. The maximum absolute atomic E-state index is 11.4. The standard InChI is InChI=1S/C18H32N4O3Si/c1-17(2,3)26(4,5)25-13-18(21-16(23)24)8-11-22(12-9-18)14-7-6-10-20-15(14)19/h6-7,10,21H,8-9,11-13H2,1-5H3,(H2,19,20)(H,23,24). The number of aromatic nitrogens is 1. The lowest BCUT2D eigenvalue weighted by Gasteiger charge is -2.45. The van der Waals surface area contributed by atoms with Crippen LogP contribution in [0.1, 0.15) is 33.6 Å². The summed E-state index contributed by atoms with van der Waals surface area (Å²) in [6.07, 6.45) is 2.01. The number of carbonyl (C=O) groups is 1. The Morgan fingerprint density at radius 3 is 2.54 bits per heavy atom. The van der Waals surface area contributed by atoms with Crippen LogP contribution in [0.25, 0.3) is 0 Å². The highest BCUT2D eigenvalue weighted by Gasteiger charge is 2.42. The van der Waals surface area contributed by atoms with Crippen LogP contribution in [0.5, 0.6) is 0 Å². The van der Waals surface area contributed by atoms with E-state index in [4.69, 9.17) is 10.2 Å². The maximum Gasteiger partial charge on any atom is 0.405 e. The molecule has 1 fully saturated rings. The molecule has 1 aliphatic heterocycles. The second kappa shape index (κ2) is 7.44. The lowest BCUT2D eigenvalue weighted by atomic mass is 9.88. The van der Waals surface area contributed by atoms with Gasteiger partial charge in [-0.1, -0.05) is 20.8 Å². The average molecular weight is 381 g/mol. The van der Waals surface area contributed by atoms with Gasteiger partial charge in [-0.25, -0.2) is 9.78 Å². The zero-order chi connectivity index (χ0) is 19.6. The molecule has 0 radical (unpaired) electrons. The van der Waals surface area contributed by atoms with Gasteiger partial charge in [-0.2, -0.15) is 0 Å². The fourth-order valence-electron chi connectivity index (χ4n) is 2.92. The molecule has 0 aliphatic carbocycles. The van der Waals surface area contributed by atoms with Gasteiger partial charge in [0.25, 0.3) is 0 Å². The fourth-order valence-corrected chi connectivity index (χ4v) is 3.99. The van der Waals surface area contributed by atoms with Gasteiger partial charge in [0, 0.05) is 19.3 Å². The van der Waals surface area contributed by atoms with Crippen molar-refractivity contribution in [3.63, 3.8) is 0 Å². The molecule has 0 unspecified atom stereocenters. The number of hydrogen-bond donors (Lipinski definition) is 3. The van der Waals surface area contributed by atoms with E-state index in [2.05, 4.69) is 49.1 Å². The summed E-state index contributed by atoms with van der Waals surface area (Å²) >= 11 is 0. The minimum absolute atomic E-state index is 0.0856. The first-order valence-electron chi connectivity index (χ1n) is 9.06. The van der Waals surface area contributed by atoms with Gasteiger partial charge in [-0.05, 0) is 43.1 Å². The molecule has 1 aliphatic rings. The second-order valence-electron chi connectivity index (χ2n) is 8.65. The van der Waals surface area contributed by atoms with Crippen molar-refractivity contribution >= 4 is 25.9 Å². The molecule has 0 atom stereocenters. The Hall–Kier alpha value is -1.80. The van der Waals surface area contributed by atoms with Gasteiger partial charge in [-0.15, -0.1) is 0 Å². The van der Waals surface area contributed by atoms with Crippen molar-refractivity contribution in [2.45, 2.75) is 57.3 Å². The number of nitrogen functional groups attached to an aromatic ring is 1. The third-order valence-electron chi connectivity index (χ3n) is 5.77. The van der Waals surface area contributed by atoms with Crippen LogP contribution in [0, 0.1) is 0 Å². The molecular weight excluding hydrogens is 348 g/mol. The Morgan fingerprint density at radius 2 is 2.04 bits per heavy atom. The van der Waals surface area contributed by atoms with Gasteiger partial charge in [-0.3, -0.25) is 0 Å². The Bertz CT molecular complexity index is 638. The fraction of sp³-hybridized carbons (Fsp3) is 0.667. The monoisotopic (exact) mass is 380 g/mol. The minimum Gasteiger partial charge on any atom is -0.465 e. The highest BCUT2D eigenvalue weighted by Crippen LogP contribution is 2.38. The zero-order valence-corrected chi connectivity index (χ0v) is 17.5. The smallest absolute Gasteiger partial charge is 0.405 e. The van der Waals surface area contributed by atoms with E-state index in [1.165, 1.54) is 0 Å². The van der Waals surface area contributed by atoms with E-state index in [0.717, 1.165) is 5.69 Å². The quantitative estimate of drug-likeness (QED) is 0.678. The first-order chi connectivity index (χ1) is 12.0. The van der Waals surface area contributed by atoms with E-state index in [1.54, 1.807) is 6.20 Å². The number of piperidine rings is 1. The van der Waals surface area contributed by atoms with E-state index >= 15 is 0 Å². The predicted molar refractivity (Wildman–Crippen MR) is 107 cm³/mol. The van der Waals surface area contributed by atoms with Crippen molar-refractivity contribution in [3.05, 3.63) is 18.3 Å². The van der Waals surface area contributed by atoms with E-state index in [1.807, 2.05) is 12.1 Å². The molecule has 8 heteroatoms. The Kier molecular flexibility index (Phi) is 5.87. The van der Waals surface area contributed by atoms with Crippen molar-refractivity contribution in [2.75, 3.05) is 30.3 Å². The molecule has 7 nitrogen and oxygen atoms in total. The van der Waals surface area contributed by atoms with Crippen LogP contribution >= 0.6 is 0 Å². The maximum atomic E-state index is 11.4.